The second kappa shape index (κ2) is 5.41. The summed E-state index contributed by atoms with van der Waals surface area (Å²) in [5.74, 6) is 0.334. The zero-order chi connectivity index (χ0) is 11.4. The summed E-state index contributed by atoms with van der Waals surface area (Å²) in [7, 11) is 0. The molecule has 0 aliphatic carbocycles. The van der Waals surface area contributed by atoms with Gasteiger partial charge in [0.25, 0.3) is 0 Å². The molecule has 1 N–H and O–H groups in total. The van der Waals surface area contributed by atoms with Crippen LogP contribution in [0.5, 0.6) is 0 Å². The van der Waals surface area contributed by atoms with Crippen LogP contribution >= 0.6 is 0 Å². The highest BCUT2D eigenvalue weighted by Gasteiger charge is 2.24. The fraction of sp³-hybridized carbons (Fsp3) is 0.538. The molecule has 2 nitrogen and oxygen atoms in total. The molecule has 1 aliphatic heterocycles. The highest BCUT2D eigenvalue weighted by molar-refractivity contribution is 5.21. The zero-order valence-corrected chi connectivity index (χ0v) is 9.23. The number of benzene rings is 1. The number of aliphatic hydroxyl groups is 1. The first-order chi connectivity index (χ1) is 7.81. The van der Waals surface area contributed by atoms with Crippen molar-refractivity contribution in [2.24, 2.45) is 5.92 Å². The molecule has 88 valence electrons. The van der Waals surface area contributed by atoms with Crippen molar-refractivity contribution < 1.29 is 14.2 Å². The topological polar surface area (TPSA) is 29.5 Å². The molecular weight excluding hydrogens is 207 g/mol. The Morgan fingerprint density at radius 2 is 1.88 bits per heavy atom. The van der Waals surface area contributed by atoms with Gasteiger partial charge in [-0.1, -0.05) is 12.1 Å². The summed E-state index contributed by atoms with van der Waals surface area (Å²) in [4.78, 5) is 0. The molecule has 0 spiro atoms. The number of halogens is 1. The fourth-order valence-electron chi connectivity index (χ4n) is 2.35. The van der Waals surface area contributed by atoms with Crippen LogP contribution in [-0.4, -0.2) is 24.9 Å². The van der Waals surface area contributed by atoms with Crippen LogP contribution in [0.4, 0.5) is 4.39 Å². The molecule has 1 unspecified atom stereocenters. The predicted molar refractivity (Wildman–Crippen MR) is 59.8 cm³/mol. The first-order valence-electron chi connectivity index (χ1n) is 5.75. The SMILES string of the molecule is OCC(c1ccc(F)cc1)C1CCOCC1. The fourth-order valence-corrected chi connectivity index (χ4v) is 2.35. The molecule has 1 atom stereocenters. The average Bonchev–Trinajstić information content (AvgIpc) is 2.34. The number of hydrogen-bond donors (Lipinski definition) is 1. The molecule has 1 aromatic rings. The minimum atomic E-state index is -0.229. The normalized spacial score (nSPS) is 19.6. The van der Waals surface area contributed by atoms with Gasteiger partial charge in [0.05, 0.1) is 6.61 Å². The van der Waals surface area contributed by atoms with Crippen LogP contribution < -0.4 is 0 Å². The van der Waals surface area contributed by atoms with Crippen molar-refractivity contribution >= 4 is 0 Å². The Bertz CT molecular complexity index is 317. The second-order valence-electron chi connectivity index (χ2n) is 4.29. The summed E-state index contributed by atoms with van der Waals surface area (Å²) in [6, 6.07) is 6.45. The molecule has 0 radical (unpaired) electrons. The van der Waals surface area contributed by atoms with E-state index in [1.165, 1.54) is 12.1 Å². The molecule has 1 aliphatic rings. The molecule has 1 aromatic carbocycles. The summed E-state index contributed by atoms with van der Waals surface area (Å²) in [6.07, 6.45) is 1.95. The maximum atomic E-state index is 12.8. The van der Waals surface area contributed by atoms with E-state index >= 15 is 0 Å². The second-order valence-corrected chi connectivity index (χ2v) is 4.29. The Balaban J connectivity index is 2.11. The van der Waals surface area contributed by atoms with Crippen LogP contribution in [0.3, 0.4) is 0 Å². The van der Waals surface area contributed by atoms with Crippen molar-refractivity contribution in [1.82, 2.24) is 0 Å². The van der Waals surface area contributed by atoms with Gasteiger partial charge in [0.15, 0.2) is 0 Å². The number of rotatable bonds is 3. The molecule has 0 amide bonds. The van der Waals surface area contributed by atoms with E-state index in [4.69, 9.17) is 4.74 Å². The highest BCUT2D eigenvalue weighted by Crippen LogP contribution is 2.31. The molecule has 0 bridgehead atoms. The van der Waals surface area contributed by atoms with Gasteiger partial charge >= 0.3 is 0 Å². The van der Waals surface area contributed by atoms with Gasteiger partial charge in [-0.25, -0.2) is 4.39 Å². The Labute approximate surface area is 95.1 Å². The maximum Gasteiger partial charge on any atom is 0.123 e. The van der Waals surface area contributed by atoms with Crippen LogP contribution in [0.15, 0.2) is 24.3 Å². The van der Waals surface area contributed by atoms with E-state index in [1.807, 2.05) is 0 Å². The first-order valence-corrected chi connectivity index (χ1v) is 5.75. The van der Waals surface area contributed by atoms with E-state index in [1.54, 1.807) is 12.1 Å². The van der Waals surface area contributed by atoms with Crippen molar-refractivity contribution in [1.29, 1.82) is 0 Å². The van der Waals surface area contributed by atoms with Gasteiger partial charge in [0.1, 0.15) is 5.82 Å². The first kappa shape index (κ1) is 11.6. The average molecular weight is 224 g/mol. The van der Waals surface area contributed by atoms with Gasteiger partial charge in [0.2, 0.25) is 0 Å². The number of ether oxygens (including phenoxy) is 1. The number of aliphatic hydroxyl groups excluding tert-OH is 1. The minimum absolute atomic E-state index is 0.115. The monoisotopic (exact) mass is 224 g/mol. The van der Waals surface area contributed by atoms with Crippen LogP contribution in [0.2, 0.25) is 0 Å². The third kappa shape index (κ3) is 2.60. The van der Waals surface area contributed by atoms with Crippen molar-refractivity contribution in [2.45, 2.75) is 18.8 Å². The van der Waals surface area contributed by atoms with Crippen LogP contribution in [0, 0.1) is 11.7 Å². The molecule has 0 saturated carbocycles. The molecular formula is C13H17FO2. The van der Waals surface area contributed by atoms with E-state index in [2.05, 4.69) is 0 Å². The molecule has 16 heavy (non-hydrogen) atoms. The van der Waals surface area contributed by atoms with Crippen molar-refractivity contribution in [2.75, 3.05) is 19.8 Å². The molecule has 0 aromatic heterocycles. The van der Waals surface area contributed by atoms with E-state index in [0.29, 0.717) is 5.92 Å². The van der Waals surface area contributed by atoms with Crippen LogP contribution in [-0.2, 0) is 4.74 Å². The van der Waals surface area contributed by atoms with E-state index < -0.39 is 0 Å². The maximum absolute atomic E-state index is 12.8. The molecule has 3 heteroatoms. The van der Waals surface area contributed by atoms with Gasteiger partial charge < -0.3 is 9.84 Å². The highest BCUT2D eigenvalue weighted by atomic mass is 19.1. The summed E-state index contributed by atoms with van der Waals surface area (Å²) < 4.78 is 18.1. The Hall–Kier alpha value is -0.930. The van der Waals surface area contributed by atoms with Crippen molar-refractivity contribution in [3.8, 4) is 0 Å². The van der Waals surface area contributed by atoms with E-state index in [-0.39, 0.29) is 18.3 Å². The summed E-state index contributed by atoms with van der Waals surface area (Å²) >= 11 is 0. The van der Waals surface area contributed by atoms with Gasteiger partial charge in [-0.05, 0) is 36.5 Å². The third-order valence-corrected chi connectivity index (χ3v) is 3.33. The van der Waals surface area contributed by atoms with E-state index in [9.17, 15) is 9.50 Å². The van der Waals surface area contributed by atoms with Crippen molar-refractivity contribution in [3.05, 3.63) is 35.6 Å². The Morgan fingerprint density at radius 3 is 2.44 bits per heavy atom. The standard InChI is InChI=1S/C13H17FO2/c14-12-3-1-10(2-4-12)13(9-15)11-5-7-16-8-6-11/h1-4,11,13,15H,5-9H2. The Kier molecular flexibility index (Phi) is 3.91. The lowest BCUT2D eigenvalue weighted by atomic mass is 9.82. The minimum Gasteiger partial charge on any atom is -0.396 e. The largest absolute Gasteiger partial charge is 0.396 e. The quantitative estimate of drug-likeness (QED) is 0.853. The lowest BCUT2D eigenvalue weighted by molar-refractivity contribution is 0.0493. The Morgan fingerprint density at radius 1 is 1.25 bits per heavy atom. The van der Waals surface area contributed by atoms with Gasteiger partial charge in [-0.15, -0.1) is 0 Å². The lowest BCUT2D eigenvalue weighted by Gasteiger charge is -2.29. The molecule has 1 saturated heterocycles. The summed E-state index contributed by atoms with van der Waals surface area (Å²) in [6.45, 7) is 1.65. The van der Waals surface area contributed by atoms with Gasteiger partial charge in [0, 0.05) is 19.1 Å². The van der Waals surface area contributed by atoms with Crippen LogP contribution in [0.25, 0.3) is 0 Å². The van der Waals surface area contributed by atoms with Crippen molar-refractivity contribution in [3.63, 3.8) is 0 Å². The van der Waals surface area contributed by atoms with Gasteiger partial charge in [-0.2, -0.15) is 0 Å². The third-order valence-electron chi connectivity index (χ3n) is 3.33. The summed E-state index contributed by atoms with van der Waals surface area (Å²) in [5, 5.41) is 9.47. The number of hydrogen-bond acceptors (Lipinski definition) is 2. The molecule has 1 fully saturated rings. The lowest BCUT2D eigenvalue weighted by Crippen LogP contribution is -2.24. The summed E-state index contributed by atoms with van der Waals surface area (Å²) in [5.41, 5.74) is 1.02. The van der Waals surface area contributed by atoms with Gasteiger partial charge in [-0.3, -0.25) is 0 Å². The zero-order valence-electron chi connectivity index (χ0n) is 9.23. The smallest absolute Gasteiger partial charge is 0.123 e. The predicted octanol–water partition coefficient (Wildman–Crippen LogP) is 2.33. The van der Waals surface area contributed by atoms with E-state index in [0.717, 1.165) is 31.6 Å². The molecule has 1 heterocycles. The molecule has 2 rings (SSSR count). The van der Waals surface area contributed by atoms with Crippen LogP contribution in [0.1, 0.15) is 24.3 Å².